The number of amides is 1. The van der Waals surface area contributed by atoms with Gasteiger partial charge < -0.3 is 4.90 Å². The van der Waals surface area contributed by atoms with E-state index < -0.39 is 15.8 Å². The summed E-state index contributed by atoms with van der Waals surface area (Å²) < 4.78 is 38.2. The molecule has 5 nitrogen and oxygen atoms in total. The highest BCUT2D eigenvalue weighted by molar-refractivity contribution is 7.89. The molecular formula is C13H19FN2O3S. The highest BCUT2D eigenvalue weighted by Gasteiger charge is 2.24. The lowest BCUT2D eigenvalue weighted by Crippen LogP contribution is -2.40. The summed E-state index contributed by atoms with van der Waals surface area (Å²) >= 11 is 0. The molecule has 0 aromatic heterocycles. The maximum atomic E-state index is 12.8. The first-order chi connectivity index (χ1) is 9.32. The summed E-state index contributed by atoms with van der Waals surface area (Å²) in [6.45, 7) is 4.48. The topological polar surface area (TPSA) is 57.7 Å². The Labute approximate surface area is 119 Å². The fourth-order valence-electron chi connectivity index (χ4n) is 1.74. The van der Waals surface area contributed by atoms with Crippen LogP contribution in [-0.2, 0) is 14.8 Å². The van der Waals surface area contributed by atoms with Crippen LogP contribution in [0.3, 0.4) is 0 Å². The Morgan fingerprint density at radius 3 is 2.10 bits per heavy atom. The number of benzene rings is 1. The van der Waals surface area contributed by atoms with Crippen LogP contribution < -0.4 is 0 Å². The van der Waals surface area contributed by atoms with Crippen molar-refractivity contribution in [2.75, 3.05) is 26.7 Å². The molecule has 1 aromatic rings. The highest BCUT2D eigenvalue weighted by Crippen LogP contribution is 2.14. The number of sulfonamides is 1. The van der Waals surface area contributed by atoms with Gasteiger partial charge in [0.25, 0.3) is 0 Å². The fraction of sp³-hybridized carbons (Fsp3) is 0.462. The Balaban J connectivity index is 2.87. The Bertz CT molecular complexity index is 553. The van der Waals surface area contributed by atoms with E-state index in [9.17, 15) is 17.6 Å². The third-order valence-corrected chi connectivity index (χ3v) is 4.81. The molecule has 1 aromatic carbocycles. The monoisotopic (exact) mass is 302 g/mol. The van der Waals surface area contributed by atoms with E-state index in [4.69, 9.17) is 0 Å². The third-order valence-electron chi connectivity index (χ3n) is 3.00. The van der Waals surface area contributed by atoms with Crippen molar-refractivity contribution < 1.29 is 17.6 Å². The fourth-order valence-corrected chi connectivity index (χ4v) is 2.86. The van der Waals surface area contributed by atoms with Crippen LogP contribution in [0.25, 0.3) is 0 Å². The van der Waals surface area contributed by atoms with Crippen LogP contribution in [0.2, 0.25) is 0 Å². The molecule has 0 bridgehead atoms. The summed E-state index contributed by atoms with van der Waals surface area (Å²) in [6.07, 6.45) is 0. The van der Waals surface area contributed by atoms with Crippen molar-refractivity contribution in [3.05, 3.63) is 30.1 Å². The molecule has 0 saturated heterocycles. The average molecular weight is 302 g/mol. The average Bonchev–Trinajstić information content (AvgIpc) is 2.40. The lowest BCUT2D eigenvalue weighted by atomic mass is 10.4. The molecule has 1 rings (SSSR count). The minimum Gasteiger partial charge on any atom is -0.342 e. The van der Waals surface area contributed by atoms with Gasteiger partial charge in [-0.2, -0.15) is 4.31 Å². The van der Waals surface area contributed by atoms with E-state index in [0.29, 0.717) is 13.1 Å². The van der Waals surface area contributed by atoms with E-state index in [2.05, 4.69) is 0 Å². The Kier molecular flexibility index (Phi) is 5.64. The van der Waals surface area contributed by atoms with Crippen molar-refractivity contribution in [3.8, 4) is 0 Å². The molecule has 0 aliphatic heterocycles. The number of nitrogens with zero attached hydrogens (tertiary/aromatic N) is 2. The van der Waals surface area contributed by atoms with E-state index in [-0.39, 0.29) is 17.3 Å². The first-order valence-corrected chi connectivity index (χ1v) is 7.76. The number of carbonyl (C=O) groups excluding carboxylic acids is 1. The summed E-state index contributed by atoms with van der Waals surface area (Å²) in [7, 11) is -2.45. The molecule has 0 saturated carbocycles. The second kappa shape index (κ2) is 6.81. The van der Waals surface area contributed by atoms with Crippen molar-refractivity contribution >= 4 is 15.9 Å². The molecule has 0 aliphatic rings. The van der Waals surface area contributed by atoms with Gasteiger partial charge in [-0.25, -0.2) is 12.8 Å². The minimum absolute atomic E-state index is 0.0336. The molecule has 1 amide bonds. The Hall–Kier alpha value is -1.47. The third kappa shape index (κ3) is 3.77. The summed E-state index contributed by atoms with van der Waals surface area (Å²) in [5, 5.41) is 0. The molecule has 112 valence electrons. The molecular weight excluding hydrogens is 283 g/mol. The first kappa shape index (κ1) is 16.6. The maximum Gasteiger partial charge on any atom is 0.243 e. The SMILES string of the molecule is CCN(CC)C(=O)CN(C)S(=O)(=O)c1ccc(F)cc1. The van der Waals surface area contributed by atoms with Gasteiger partial charge in [-0.3, -0.25) is 4.79 Å². The predicted octanol–water partition coefficient (Wildman–Crippen LogP) is 1.31. The minimum atomic E-state index is -3.78. The largest absolute Gasteiger partial charge is 0.342 e. The molecule has 0 heterocycles. The lowest BCUT2D eigenvalue weighted by molar-refractivity contribution is -0.130. The number of likely N-dealkylation sites (N-methyl/N-ethyl adjacent to an activating group) is 2. The number of carbonyl (C=O) groups is 1. The summed E-state index contributed by atoms with van der Waals surface area (Å²) in [5.41, 5.74) is 0. The van der Waals surface area contributed by atoms with Gasteiger partial charge in [-0.05, 0) is 38.1 Å². The van der Waals surface area contributed by atoms with Crippen LogP contribution in [-0.4, -0.2) is 50.2 Å². The molecule has 7 heteroatoms. The van der Waals surface area contributed by atoms with E-state index in [1.165, 1.54) is 19.2 Å². The zero-order valence-corrected chi connectivity index (χ0v) is 12.7. The summed E-state index contributed by atoms with van der Waals surface area (Å²) in [4.78, 5) is 13.4. The van der Waals surface area contributed by atoms with Crippen LogP contribution in [0.4, 0.5) is 4.39 Å². The van der Waals surface area contributed by atoms with Crippen LogP contribution >= 0.6 is 0 Å². The van der Waals surface area contributed by atoms with Gasteiger partial charge in [0.1, 0.15) is 5.82 Å². The Morgan fingerprint density at radius 2 is 1.65 bits per heavy atom. The van der Waals surface area contributed by atoms with Crippen molar-refractivity contribution in [1.82, 2.24) is 9.21 Å². The number of hydrogen-bond donors (Lipinski definition) is 0. The molecule has 0 fully saturated rings. The molecule has 0 unspecified atom stereocenters. The number of rotatable bonds is 6. The van der Waals surface area contributed by atoms with Gasteiger partial charge in [-0.15, -0.1) is 0 Å². The van der Waals surface area contributed by atoms with Crippen molar-refractivity contribution in [1.29, 1.82) is 0 Å². The summed E-state index contributed by atoms with van der Waals surface area (Å²) in [6, 6.07) is 4.52. The van der Waals surface area contributed by atoms with Crippen LogP contribution in [0.15, 0.2) is 29.2 Å². The lowest BCUT2D eigenvalue weighted by Gasteiger charge is -2.22. The standard InChI is InChI=1S/C13H19FN2O3S/c1-4-16(5-2)13(17)10-15(3)20(18,19)12-8-6-11(14)7-9-12/h6-9H,4-5,10H2,1-3H3. The van der Waals surface area contributed by atoms with Crippen LogP contribution in [0.1, 0.15) is 13.8 Å². The van der Waals surface area contributed by atoms with Gasteiger partial charge in [0, 0.05) is 20.1 Å². The molecule has 0 N–H and O–H groups in total. The van der Waals surface area contributed by atoms with Crippen molar-refractivity contribution in [2.24, 2.45) is 0 Å². The van der Waals surface area contributed by atoms with Gasteiger partial charge in [0.05, 0.1) is 11.4 Å². The molecule has 0 radical (unpaired) electrons. The first-order valence-electron chi connectivity index (χ1n) is 6.32. The smallest absolute Gasteiger partial charge is 0.243 e. The van der Waals surface area contributed by atoms with E-state index in [1.54, 1.807) is 4.90 Å². The van der Waals surface area contributed by atoms with Crippen LogP contribution in [0.5, 0.6) is 0 Å². The van der Waals surface area contributed by atoms with Gasteiger partial charge in [-0.1, -0.05) is 0 Å². The summed E-state index contributed by atoms with van der Waals surface area (Å²) in [5.74, 6) is -0.769. The van der Waals surface area contributed by atoms with Gasteiger partial charge in [0.15, 0.2) is 0 Å². The quantitative estimate of drug-likeness (QED) is 0.796. The number of hydrogen-bond acceptors (Lipinski definition) is 3. The van der Waals surface area contributed by atoms with Crippen molar-refractivity contribution in [2.45, 2.75) is 18.7 Å². The predicted molar refractivity (Wildman–Crippen MR) is 74.1 cm³/mol. The normalized spacial score (nSPS) is 11.7. The second-order valence-electron chi connectivity index (χ2n) is 4.28. The molecule has 0 aliphatic carbocycles. The van der Waals surface area contributed by atoms with Gasteiger partial charge in [0.2, 0.25) is 15.9 Å². The molecule has 20 heavy (non-hydrogen) atoms. The van der Waals surface area contributed by atoms with E-state index in [0.717, 1.165) is 16.4 Å². The molecule has 0 atom stereocenters. The highest BCUT2D eigenvalue weighted by atomic mass is 32.2. The zero-order chi connectivity index (χ0) is 15.3. The molecule has 0 spiro atoms. The number of halogens is 1. The van der Waals surface area contributed by atoms with Gasteiger partial charge >= 0.3 is 0 Å². The van der Waals surface area contributed by atoms with E-state index in [1.807, 2.05) is 13.8 Å². The van der Waals surface area contributed by atoms with E-state index >= 15 is 0 Å². The Morgan fingerprint density at radius 1 is 1.15 bits per heavy atom. The maximum absolute atomic E-state index is 12.8. The zero-order valence-electron chi connectivity index (χ0n) is 11.8. The van der Waals surface area contributed by atoms with Crippen molar-refractivity contribution in [3.63, 3.8) is 0 Å². The van der Waals surface area contributed by atoms with Crippen LogP contribution in [0, 0.1) is 5.82 Å². The second-order valence-corrected chi connectivity index (χ2v) is 6.33.